The van der Waals surface area contributed by atoms with Crippen LogP contribution >= 0.6 is 0 Å². The van der Waals surface area contributed by atoms with Gasteiger partial charge in [-0.3, -0.25) is 0 Å². The van der Waals surface area contributed by atoms with Crippen molar-refractivity contribution in [2.24, 2.45) is 0 Å². The molecule has 2 aromatic heterocycles. The van der Waals surface area contributed by atoms with Gasteiger partial charge in [0.05, 0.1) is 13.2 Å². The van der Waals surface area contributed by atoms with Gasteiger partial charge in [-0.15, -0.1) is 0 Å². The predicted molar refractivity (Wildman–Crippen MR) is 125 cm³/mol. The zero-order chi connectivity index (χ0) is 21.6. The largest absolute Gasteiger partial charge is 0.457 e. The zero-order valence-electron chi connectivity index (χ0n) is 17.5. The van der Waals surface area contributed by atoms with Crippen LogP contribution in [0.4, 0.5) is 17.3 Å². The summed E-state index contributed by atoms with van der Waals surface area (Å²) in [6, 6.07) is 23.3. The van der Waals surface area contributed by atoms with Crippen LogP contribution in [-0.2, 0) is 4.74 Å². The van der Waals surface area contributed by atoms with Crippen molar-refractivity contribution in [1.29, 1.82) is 0 Å². The lowest BCUT2D eigenvalue weighted by molar-refractivity contribution is 0.122. The quantitative estimate of drug-likeness (QED) is 0.470. The number of aromatic nitrogens is 3. The van der Waals surface area contributed by atoms with E-state index in [1.807, 2.05) is 79.0 Å². The minimum Gasteiger partial charge on any atom is -0.457 e. The highest BCUT2D eigenvalue weighted by atomic mass is 16.5. The van der Waals surface area contributed by atoms with Gasteiger partial charge < -0.3 is 19.7 Å². The Balaban J connectivity index is 1.26. The highest BCUT2D eigenvalue weighted by molar-refractivity contribution is 5.62. The van der Waals surface area contributed by atoms with Gasteiger partial charge >= 0.3 is 0 Å². The molecule has 7 heteroatoms. The number of rotatable bonds is 6. The fraction of sp³-hybridized carbons (Fsp3) is 0.160. The molecule has 0 aliphatic carbocycles. The number of ether oxygens (including phenoxy) is 2. The maximum atomic E-state index is 5.84. The van der Waals surface area contributed by atoms with Gasteiger partial charge in [-0.25, -0.2) is 15.0 Å². The zero-order valence-corrected chi connectivity index (χ0v) is 17.5. The van der Waals surface area contributed by atoms with Crippen LogP contribution < -0.4 is 15.0 Å². The SMILES string of the molecule is c1ccc(Oc2ccc(Nc3ccnc(-c4ccc(N5CCOCC5)nc4)n3)cc2)cc1. The minimum atomic E-state index is 0.625. The van der Waals surface area contributed by atoms with Gasteiger partial charge in [-0.1, -0.05) is 18.2 Å². The molecule has 1 fully saturated rings. The molecule has 0 spiro atoms. The molecule has 0 saturated carbocycles. The highest BCUT2D eigenvalue weighted by Crippen LogP contribution is 2.25. The van der Waals surface area contributed by atoms with E-state index in [1.165, 1.54) is 0 Å². The molecule has 160 valence electrons. The summed E-state index contributed by atoms with van der Waals surface area (Å²) in [6.07, 6.45) is 3.56. The van der Waals surface area contributed by atoms with Gasteiger partial charge in [0.25, 0.3) is 0 Å². The van der Waals surface area contributed by atoms with Crippen molar-refractivity contribution in [3.63, 3.8) is 0 Å². The van der Waals surface area contributed by atoms with Crippen molar-refractivity contribution in [3.05, 3.63) is 85.2 Å². The lowest BCUT2D eigenvalue weighted by Crippen LogP contribution is -2.36. The number of hydrogen-bond donors (Lipinski definition) is 1. The summed E-state index contributed by atoms with van der Waals surface area (Å²) < 4.78 is 11.2. The van der Waals surface area contributed by atoms with Crippen molar-refractivity contribution < 1.29 is 9.47 Å². The summed E-state index contributed by atoms with van der Waals surface area (Å²) in [7, 11) is 0. The Morgan fingerprint density at radius 3 is 2.34 bits per heavy atom. The number of nitrogens with one attached hydrogen (secondary N) is 1. The predicted octanol–water partition coefficient (Wildman–Crippen LogP) is 4.91. The van der Waals surface area contributed by atoms with E-state index in [9.17, 15) is 0 Å². The Bertz CT molecular complexity index is 1150. The van der Waals surface area contributed by atoms with Crippen LogP contribution in [-0.4, -0.2) is 41.3 Å². The smallest absolute Gasteiger partial charge is 0.163 e. The first kappa shape index (κ1) is 20.0. The van der Waals surface area contributed by atoms with Crippen LogP contribution in [0.1, 0.15) is 0 Å². The first-order valence-corrected chi connectivity index (χ1v) is 10.6. The molecular formula is C25H23N5O2. The van der Waals surface area contributed by atoms with Gasteiger partial charge in [0.1, 0.15) is 23.1 Å². The molecule has 0 unspecified atom stereocenters. The maximum Gasteiger partial charge on any atom is 0.163 e. The van der Waals surface area contributed by atoms with Crippen LogP contribution in [0.3, 0.4) is 0 Å². The molecule has 0 atom stereocenters. The molecule has 1 aliphatic heterocycles. The summed E-state index contributed by atoms with van der Waals surface area (Å²) in [6.45, 7) is 3.19. The van der Waals surface area contributed by atoms with Gasteiger partial charge in [-0.05, 0) is 54.6 Å². The van der Waals surface area contributed by atoms with E-state index in [1.54, 1.807) is 6.20 Å². The average Bonchev–Trinajstić information content (AvgIpc) is 2.87. The Morgan fingerprint density at radius 1 is 0.812 bits per heavy atom. The molecule has 0 bridgehead atoms. The number of hydrogen-bond acceptors (Lipinski definition) is 7. The molecule has 32 heavy (non-hydrogen) atoms. The van der Waals surface area contributed by atoms with Crippen molar-refractivity contribution in [3.8, 4) is 22.9 Å². The molecule has 0 amide bonds. The number of anilines is 3. The van der Waals surface area contributed by atoms with E-state index < -0.39 is 0 Å². The maximum absolute atomic E-state index is 5.84. The molecular weight excluding hydrogens is 402 g/mol. The third-order valence-corrected chi connectivity index (χ3v) is 5.10. The second-order valence-electron chi connectivity index (χ2n) is 7.33. The van der Waals surface area contributed by atoms with E-state index in [0.717, 1.165) is 54.9 Å². The first-order chi connectivity index (χ1) is 15.8. The number of benzene rings is 2. The summed E-state index contributed by atoms with van der Waals surface area (Å²) in [5, 5.41) is 3.32. The number of nitrogens with zero attached hydrogens (tertiary/aromatic N) is 4. The van der Waals surface area contributed by atoms with Crippen LogP contribution in [0.2, 0.25) is 0 Å². The second kappa shape index (κ2) is 9.45. The van der Waals surface area contributed by atoms with Crippen molar-refractivity contribution >= 4 is 17.3 Å². The number of para-hydroxylation sites is 1. The second-order valence-corrected chi connectivity index (χ2v) is 7.33. The number of morpholine rings is 1. The molecule has 1 N–H and O–H groups in total. The molecule has 1 aliphatic rings. The van der Waals surface area contributed by atoms with E-state index in [4.69, 9.17) is 9.47 Å². The molecule has 1 saturated heterocycles. The van der Waals surface area contributed by atoms with Crippen LogP contribution in [0.5, 0.6) is 11.5 Å². The lowest BCUT2D eigenvalue weighted by atomic mass is 10.2. The third-order valence-electron chi connectivity index (χ3n) is 5.10. The molecule has 2 aromatic carbocycles. The summed E-state index contributed by atoms with van der Waals surface area (Å²) in [5.41, 5.74) is 1.79. The van der Waals surface area contributed by atoms with Crippen LogP contribution in [0.15, 0.2) is 85.2 Å². The Morgan fingerprint density at radius 2 is 1.59 bits per heavy atom. The van der Waals surface area contributed by atoms with E-state index in [0.29, 0.717) is 11.6 Å². The molecule has 7 nitrogen and oxygen atoms in total. The van der Waals surface area contributed by atoms with Gasteiger partial charge in [-0.2, -0.15) is 0 Å². The van der Waals surface area contributed by atoms with Crippen molar-refractivity contribution in [2.75, 3.05) is 36.5 Å². The summed E-state index contributed by atoms with van der Waals surface area (Å²) in [5.74, 6) is 3.87. The van der Waals surface area contributed by atoms with Gasteiger partial charge in [0.2, 0.25) is 0 Å². The summed E-state index contributed by atoms with van der Waals surface area (Å²) >= 11 is 0. The Hall–Kier alpha value is -3.97. The normalized spacial score (nSPS) is 13.6. The first-order valence-electron chi connectivity index (χ1n) is 10.6. The van der Waals surface area contributed by atoms with E-state index in [-0.39, 0.29) is 0 Å². The van der Waals surface area contributed by atoms with Gasteiger partial charge in [0.15, 0.2) is 5.82 Å². The van der Waals surface area contributed by atoms with Gasteiger partial charge in [0, 0.05) is 36.7 Å². The van der Waals surface area contributed by atoms with E-state index in [2.05, 4.69) is 25.2 Å². The van der Waals surface area contributed by atoms with E-state index >= 15 is 0 Å². The molecule has 4 aromatic rings. The minimum absolute atomic E-state index is 0.625. The van der Waals surface area contributed by atoms with Crippen LogP contribution in [0.25, 0.3) is 11.4 Å². The highest BCUT2D eigenvalue weighted by Gasteiger charge is 2.13. The van der Waals surface area contributed by atoms with Crippen molar-refractivity contribution in [1.82, 2.24) is 15.0 Å². The molecule has 5 rings (SSSR count). The Kier molecular flexibility index (Phi) is 5.89. The number of pyridine rings is 1. The standard InChI is InChI=1S/C25H23N5O2/c1-2-4-21(5-3-1)32-22-9-7-20(8-10-22)28-23-12-13-26-25(29-23)19-6-11-24(27-18-19)30-14-16-31-17-15-30/h1-13,18H,14-17H2,(H,26,28,29). The molecule has 0 radical (unpaired) electrons. The average molecular weight is 425 g/mol. The van der Waals surface area contributed by atoms with Crippen LogP contribution in [0, 0.1) is 0 Å². The topological polar surface area (TPSA) is 72.4 Å². The Labute approximate surface area is 186 Å². The third kappa shape index (κ3) is 4.84. The summed E-state index contributed by atoms with van der Waals surface area (Å²) in [4.78, 5) is 15.9. The molecule has 3 heterocycles. The monoisotopic (exact) mass is 425 g/mol. The van der Waals surface area contributed by atoms with Crippen molar-refractivity contribution in [2.45, 2.75) is 0 Å². The fourth-order valence-electron chi connectivity index (χ4n) is 3.44. The lowest BCUT2D eigenvalue weighted by Gasteiger charge is -2.27. The fourth-order valence-corrected chi connectivity index (χ4v) is 3.44.